The Balaban J connectivity index is 1.73. The first kappa shape index (κ1) is 18.9. The van der Waals surface area contributed by atoms with Gasteiger partial charge >= 0.3 is 0 Å². The van der Waals surface area contributed by atoms with Gasteiger partial charge in [0.25, 0.3) is 0 Å². The van der Waals surface area contributed by atoms with Gasteiger partial charge in [0.05, 0.1) is 0 Å². The van der Waals surface area contributed by atoms with Gasteiger partial charge in [0.1, 0.15) is 11.6 Å². The molecule has 0 aliphatic rings. The number of aromatic nitrogens is 2. The zero-order valence-corrected chi connectivity index (χ0v) is 17.6. The van der Waals surface area contributed by atoms with E-state index in [1.807, 2.05) is 24.4 Å². The Morgan fingerprint density at radius 1 is 1.04 bits per heavy atom. The lowest BCUT2D eigenvalue weighted by molar-refractivity contribution is 0.598. The summed E-state index contributed by atoms with van der Waals surface area (Å²) in [5.41, 5.74) is 2.81. The molecular weight excluding hydrogens is 415 g/mol. The second-order valence-corrected chi connectivity index (χ2v) is 8.22. The molecule has 0 fully saturated rings. The smallest absolute Gasteiger partial charge is 0.140 e. The highest BCUT2D eigenvalue weighted by Gasteiger charge is 2.16. The molecule has 0 aliphatic heterocycles. The molecule has 0 radical (unpaired) electrons. The van der Waals surface area contributed by atoms with Crippen LogP contribution in [0.4, 0.5) is 4.39 Å². The van der Waals surface area contributed by atoms with Gasteiger partial charge in [-0.15, -0.1) is 0 Å². The van der Waals surface area contributed by atoms with E-state index in [-0.39, 0.29) is 11.9 Å². The largest absolute Gasteiger partial charge is 0.328 e. The highest BCUT2D eigenvalue weighted by molar-refractivity contribution is 9.10. The average Bonchev–Trinajstić information content (AvgIpc) is 3.16. The topological polar surface area (TPSA) is 17.8 Å². The lowest BCUT2D eigenvalue weighted by Gasteiger charge is -2.15. The van der Waals surface area contributed by atoms with E-state index in [4.69, 9.17) is 0 Å². The number of hydrogen-bond acceptors (Lipinski definition) is 1. The Hall–Kier alpha value is -2.46. The molecule has 0 N–H and O–H groups in total. The minimum absolute atomic E-state index is 0.171. The molecule has 4 aromatic rings. The lowest BCUT2D eigenvalue weighted by Crippen LogP contribution is -2.05. The summed E-state index contributed by atoms with van der Waals surface area (Å²) in [4.78, 5) is 4.52. The van der Waals surface area contributed by atoms with Crippen molar-refractivity contribution in [3.63, 3.8) is 0 Å². The van der Waals surface area contributed by atoms with Crippen LogP contribution in [0.25, 0.3) is 22.2 Å². The molecule has 0 saturated heterocycles. The van der Waals surface area contributed by atoms with Crippen molar-refractivity contribution >= 4 is 26.7 Å². The first-order valence-corrected chi connectivity index (χ1v) is 10.3. The predicted molar refractivity (Wildman–Crippen MR) is 117 cm³/mol. The Kier molecular flexibility index (Phi) is 5.31. The van der Waals surface area contributed by atoms with Crippen LogP contribution in [-0.4, -0.2) is 9.55 Å². The van der Waals surface area contributed by atoms with Crippen molar-refractivity contribution in [2.45, 2.75) is 32.7 Å². The van der Waals surface area contributed by atoms with E-state index in [9.17, 15) is 4.39 Å². The maximum Gasteiger partial charge on any atom is 0.140 e. The summed E-state index contributed by atoms with van der Waals surface area (Å²) in [6.45, 7) is 4.22. The Morgan fingerprint density at radius 2 is 1.86 bits per heavy atom. The van der Waals surface area contributed by atoms with Crippen LogP contribution in [0.1, 0.15) is 31.0 Å². The van der Waals surface area contributed by atoms with E-state index in [2.05, 4.69) is 63.6 Å². The van der Waals surface area contributed by atoms with Gasteiger partial charge in [-0.05, 0) is 66.8 Å². The monoisotopic (exact) mass is 436 g/mol. The van der Waals surface area contributed by atoms with Crippen LogP contribution in [0, 0.1) is 5.82 Å². The van der Waals surface area contributed by atoms with Crippen molar-refractivity contribution in [1.29, 1.82) is 0 Å². The third-order valence-corrected chi connectivity index (χ3v) is 5.60. The Bertz CT molecular complexity index is 1130. The van der Waals surface area contributed by atoms with Crippen LogP contribution < -0.4 is 0 Å². The number of aryl methyl sites for hydroxylation is 1. The van der Waals surface area contributed by atoms with Crippen LogP contribution >= 0.6 is 15.9 Å². The van der Waals surface area contributed by atoms with Crippen molar-refractivity contribution < 1.29 is 4.39 Å². The van der Waals surface area contributed by atoms with Gasteiger partial charge in [-0.25, -0.2) is 9.37 Å². The van der Waals surface area contributed by atoms with Crippen molar-refractivity contribution in [3.8, 4) is 11.4 Å². The van der Waals surface area contributed by atoms with Gasteiger partial charge in [0, 0.05) is 28.5 Å². The third kappa shape index (κ3) is 3.61. The summed E-state index contributed by atoms with van der Waals surface area (Å²) >= 11 is 3.61. The van der Waals surface area contributed by atoms with Crippen molar-refractivity contribution in [2.75, 3.05) is 0 Å². The van der Waals surface area contributed by atoms with Gasteiger partial charge in [-0.2, -0.15) is 0 Å². The average molecular weight is 437 g/mol. The van der Waals surface area contributed by atoms with Crippen LogP contribution in [0.2, 0.25) is 0 Å². The zero-order chi connectivity index (χ0) is 19.7. The summed E-state index contributed by atoms with van der Waals surface area (Å²) < 4.78 is 18.0. The first-order valence-electron chi connectivity index (χ1n) is 9.52. The van der Waals surface area contributed by atoms with Crippen molar-refractivity contribution in [3.05, 3.63) is 88.4 Å². The number of fused-ring (bicyclic) bond motifs is 1. The fraction of sp³-hybridized carbons (Fsp3) is 0.208. The molecule has 0 aliphatic carbocycles. The maximum absolute atomic E-state index is 14.8. The molecule has 0 saturated carbocycles. The Labute approximate surface area is 173 Å². The summed E-state index contributed by atoms with van der Waals surface area (Å²) in [6.07, 6.45) is 5.12. The first-order chi connectivity index (χ1) is 13.5. The molecule has 4 rings (SSSR count). The van der Waals surface area contributed by atoms with Crippen LogP contribution in [0.15, 0.2) is 71.5 Å². The molecule has 142 valence electrons. The number of rotatable bonds is 5. The number of benzene rings is 3. The van der Waals surface area contributed by atoms with Gasteiger partial charge in [0.2, 0.25) is 0 Å². The molecule has 0 atom stereocenters. The second kappa shape index (κ2) is 7.88. The maximum atomic E-state index is 14.8. The quantitative estimate of drug-likeness (QED) is 0.330. The number of nitrogens with zero attached hydrogens (tertiary/aromatic N) is 2. The van der Waals surface area contributed by atoms with Gasteiger partial charge in [0.15, 0.2) is 0 Å². The molecule has 0 bridgehead atoms. The minimum atomic E-state index is -0.171. The minimum Gasteiger partial charge on any atom is -0.328 e. The van der Waals surface area contributed by atoms with E-state index in [0.29, 0.717) is 6.42 Å². The third-order valence-electron chi connectivity index (χ3n) is 5.14. The molecule has 1 heterocycles. The van der Waals surface area contributed by atoms with Crippen molar-refractivity contribution in [2.24, 2.45) is 0 Å². The summed E-state index contributed by atoms with van der Waals surface area (Å²) in [6, 6.07) is 18.1. The molecular formula is C24H22BrFN2. The lowest BCUT2D eigenvalue weighted by atomic mass is 9.95. The standard InChI is InChI=1S/C24H22BrFN2/c1-16(2)28-13-12-27-24(28)22-8-5-9-23(26)21(22)11-10-18-15-19(25)14-17-6-3-4-7-20(17)18/h3-9,12-16H,10-11H2,1-2H3. The van der Waals surface area contributed by atoms with Gasteiger partial charge in [-0.3, -0.25) is 0 Å². The summed E-state index contributed by atoms with van der Waals surface area (Å²) in [7, 11) is 0. The number of halogens is 2. The fourth-order valence-corrected chi connectivity index (χ4v) is 4.30. The van der Waals surface area contributed by atoms with E-state index >= 15 is 0 Å². The molecule has 0 unspecified atom stereocenters. The molecule has 2 nitrogen and oxygen atoms in total. The SMILES string of the molecule is CC(C)n1ccnc1-c1cccc(F)c1CCc1cc(Br)cc2ccccc12. The van der Waals surface area contributed by atoms with E-state index in [1.165, 1.54) is 16.3 Å². The molecule has 0 amide bonds. The Morgan fingerprint density at radius 3 is 2.68 bits per heavy atom. The van der Waals surface area contributed by atoms with E-state index in [1.54, 1.807) is 18.3 Å². The van der Waals surface area contributed by atoms with Gasteiger partial charge in [-0.1, -0.05) is 52.3 Å². The summed E-state index contributed by atoms with van der Waals surface area (Å²) in [5.74, 6) is 0.652. The molecule has 28 heavy (non-hydrogen) atoms. The highest BCUT2D eigenvalue weighted by Crippen LogP contribution is 2.30. The van der Waals surface area contributed by atoms with E-state index < -0.39 is 0 Å². The van der Waals surface area contributed by atoms with Gasteiger partial charge < -0.3 is 4.57 Å². The van der Waals surface area contributed by atoms with Crippen LogP contribution in [0.3, 0.4) is 0 Å². The van der Waals surface area contributed by atoms with Crippen LogP contribution in [-0.2, 0) is 12.8 Å². The molecule has 0 spiro atoms. The number of imidazole rings is 1. The molecule has 4 heteroatoms. The normalized spacial score (nSPS) is 11.5. The van der Waals surface area contributed by atoms with Crippen molar-refractivity contribution in [1.82, 2.24) is 9.55 Å². The zero-order valence-electron chi connectivity index (χ0n) is 16.0. The number of hydrogen-bond donors (Lipinski definition) is 0. The van der Waals surface area contributed by atoms with Crippen LogP contribution in [0.5, 0.6) is 0 Å². The summed E-state index contributed by atoms with van der Waals surface area (Å²) in [5, 5.41) is 2.41. The molecule has 3 aromatic carbocycles. The second-order valence-electron chi connectivity index (χ2n) is 7.30. The highest BCUT2D eigenvalue weighted by atomic mass is 79.9. The van der Waals surface area contributed by atoms with E-state index in [0.717, 1.165) is 27.8 Å². The predicted octanol–water partition coefficient (Wildman–Crippen LogP) is 6.97. The molecule has 1 aromatic heterocycles. The fourth-order valence-electron chi connectivity index (χ4n) is 3.78.